The lowest BCUT2D eigenvalue weighted by molar-refractivity contribution is 0.282. The standard InChI is InChI=1S/C26H28ClN3O/c1-8-18-21(12-31)23-16(6)29-17(7)30-26(23)25(27)24(18)19-10-9-14(4)15(5)22(19)20(11-28)13(2)3/h9-10,31H,8,12H2,1-7H3. The lowest BCUT2D eigenvalue weighted by Crippen LogP contribution is -2.06. The average molecular weight is 434 g/mol. The van der Waals surface area contributed by atoms with Gasteiger partial charge in [0.1, 0.15) is 5.82 Å². The molecule has 2 aromatic carbocycles. The summed E-state index contributed by atoms with van der Waals surface area (Å²) >= 11 is 7.05. The predicted octanol–water partition coefficient (Wildman–Crippen LogP) is 6.56. The van der Waals surface area contributed by atoms with Crippen molar-refractivity contribution in [3.8, 4) is 17.2 Å². The van der Waals surface area contributed by atoms with Crippen molar-refractivity contribution in [2.45, 2.75) is 61.5 Å². The van der Waals surface area contributed by atoms with E-state index in [0.29, 0.717) is 28.4 Å². The number of aliphatic hydroxyl groups excluding tert-OH is 1. The van der Waals surface area contributed by atoms with E-state index in [9.17, 15) is 10.4 Å². The molecule has 0 atom stereocenters. The van der Waals surface area contributed by atoms with Crippen molar-refractivity contribution in [2.75, 3.05) is 0 Å². The maximum absolute atomic E-state index is 10.4. The third-order valence-electron chi connectivity index (χ3n) is 5.98. The molecule has 1 aromatic heterocycles. The summed E-state index contributed by atoms with van der Waals surface area (Å²) in [4.78, 5) is 9.15. The predicted molar refractivity (Wildman–Crippen MR) is 128 cm³/mol. The molecule has 0 bridgehead atoms. The highest BCUT2D eigenvalue weighted by Crippen LogP contribution is 2.44. The number of halogens is 1. The quantitative estimate of drug-likeness (QED) is 0.473. The van der Waals surface area contributed by atoms with Crippen LogP contribution < -0.4 is 0 Å². The number of aliphatic hydroxyl groups is 1. The number of allylic oxidation sites excluding steroid dienone is 2. The zero-order chi connectivity index (χ0) is 23.0. The van der Waals surface area contributed by atoms with Gasteiger partial charge in [0, 0.05) is 22.2 Å². The Bertz CT molecular complexity index is 1280. The highest BCUT2D eigenvalue weighted by molar-refractivity contribution is 6.38. The molecule has 160 valence electrons. The van der Waals surface area contributed by atoms with E-state index < -0.39 is 0 Å². The van der Waals surface area contributed by atoms with Gasteiger partial charge in [0.25, 0.3) is 0 Å². The van der Waals surface area contributed by atoms with Crippen molar-refractivity contribution in [3.63, 3.8) is 0 Å². The minimum Gasteiger partial charge on any atom is -0.392 e. The van der Waals surface area contributed by atoms with Crippen molar-refractivity contribution in [2.24, 2.45) is 0 Å². The number of benzene rings is 2. The summed E-state index contributed by atoms with van der Waals surface area (Å²) in [6, 6.07) is 6.49. The zero-order valence-electron chi connectivity index (χ0n) is 19.2. The molecule has 0 radical (unpaired) electrons. The molecule has 0 saturated heterocycles. The SMILES string of the molecule is CCc1c(-c2ccc(C)c(C)c2C(C#N)=C(C)C)c(Cl)c2nc(C)nc(C)c2c1CO. The van der Waals surface area contributed by atoms with Gasteiger partial charge in [0.2, 0.25) is 0 Å². The second-order valence-electron chi connectivity index (χ2n) is 8.15. The summed E-state index contributed by atoms with van der Waals surface area (Å²) in [5.41, 5.74) is 9.59. The maximum Gasteiger partial charge on any atom is 0.126 e. The number of nitriles is 1. The molecule has 0 aliphatic heterocycles. The molecule has 0 amide bonds. The molecule has 31 heavy (non-hydrogen) atoms. The molecule has 3 rings (SSSR count). The first kappa shape index (κ1) is 22.9. The maximum atomic E-state index is 10.4. The van der Waals surface area contributed by atoms with Crippen LogP contribution in [0.3, 0.4) is 0 Å². The third-order valence-corrected chi connectivity index (χ3v) is 6.34. The van der Waals surface area contributed by atoms with Gasteiger partial charge in [-0.2, -0.15) is 5.26 Å². The van der Waals surface area contributed by atoms with Crippen molar-refractivity contribution in [1.29, 1.82) is 5.26 Å². The number of rotatable bonds is 4. The number of hydrogen-bond donors (Lipinski definition) is 1. The molecule has 3 aromatic rings. The summed E-state index contributed by atoms with van der Waals surface area (Å²) in [5, 5.41) is 21.7. The molecule has 0 fully saturated rings. The Morgan fingerprint density at radius 2 is 1.77 bits per heavy atom. The van der Waals surface area contributed by atoms with E-state index in [1.807, 2.05) is 47.6 Å². The third kappa shape index (κ3) is 3.73. The van der Waals surface area contributed by atoms with Gasteiger partial charge in [0.15, 0.2) is 0 Å². The molecule has 1 heterocycles. The molecule has 0 aliphatic carbocycles. The summed E-state index contributed by atoms with van der Waals surface area (Å²) in [7, 11) is 0. The van der Waals surface area contributed by atoms with Crippen LogP contribution in [0, 0.1) is 39.0 Å². The van der Waals surface area contributed by atoms with E-state index in [-0.39, 0.29) is 6.61 Å². The fourth-order valence-electron chi connectivity index (χ4n) is 4.39. The van der Waals surface area contributed by atoms with Crippen LogP contribution in [0.5, 0.6) is 0 Å². The molecule has 1 N–H and O–H groups in total. The van der Waals surface area contributed by atoms with Gasteiger partial charge < -0.3 is 5.11 Å². The van der Waals surface area contributed by atoms with Crippen LogP contribution >= 0.6 is 11.6 Å². The lowest BCUT2D eigenvalue weighted by atomic mass is 9.83. The lowest BCUT2D eigenvalue weighted by Gasteiger charge is -2.23. The Balaban J connectivity index is 2.63. The van der Waals surface area contributed by atoms with Crippen molar-refractivity contribution < 1.29 is 5.11 Å². The van der Waals surface area contributed by atoms with E-state index in [1.54, 1.807) is 0 Å². The van der Waals surface area contributed by atoms with Crippen LogP contribution in [0.1, 0.15) is 60.1 Å². The second kappa shape index (κ2) is 8.78. The van der Waals surface area contributed by atoms with Crippen molar-refractivity contribution in [3.05, 3.63) is 62.1 Å². The molecule has 0 saturated carbocycles. The first-order valence-corrected chi connectivity index (χ1v) is 10.8. The first-order valence-electron chi connectivity index (χ1n) is 10.4. The van der Waals surface area contributed by atoms with E-state index in [1.165, 1.54) is 0 Å². The Morgan fingerprint density at radius 3 is 2.32 bits per heavy atom. The molecular formula is C26H28ClN3O. The normalized spacial score (nSPS) is 11.0. The van der Waals surface area contributed by atoms with Gasteiger partial charge in [0.05, 0.1) is 28.8 Å². The summed E-state index contributed by atoms with van der Waals surface area (Å²) in [5.74, 6) is 0.633. The topological polar surface area (TPSA) is 69.8 Å². The van der Waals surface area contributed by atoms with Gasteiger partial charge in [-0.25, -0.2) is 9.97 Å². The summed E-state index contributed by atoms with van der Waals surface area (Å²) in [6.07, 6.45) is 0.678. The largest absolute Gasteiger partial charge is 0.392 e. The Morgan fingerprint density at radius 1 is 1.10 bits per heavy atom. The van der Waals surface area contributed by atoms with Crippen LogP contribution in [0.4, 0.5) is 0 Å². The molecule has 5 heteroatoms. The Labute approximate surface area is 189 Å². The molecule has 4 nitrogen and oxygen atoms in total. The smallest absolute Gasteiger partial charge is 0.126 e. The summed E-state index contributed by atoms with van der Waals surface area (Å²) in [6.45, 7) is 13.7. The first-order chi connectivity index (χ1) is 14.7. The van der Waals surface area contributed by atoms with Crippen LogP contribution in [-0.4, -0.2) is 15.1 Å². The van der Waals surface area contributed by atoms with Crippen LogP contribution in [0.2, 0.25) is 5.02 Å². The number of aromatic nitrogens is 2. The minimum atomic E-state index is -0.134. The number of hydrogen-bond acceptors (Lipinski definition) is 4. The number of fused-ring (bicyclic) bond motifs is 1. The fraction of sp³-hybridized carbons (Fsp3) is 0.346. The Kier molecular flexibility index (Phi) is 6.50. The molecule has 0 unspecified atom stereocenters. The number of aryl methyl sites for hydroxylation is 3. The highest BCUT2D eigenvalue weighted by atomic mass is 35.5. The van der Waals surface area contributed by atoms with E-state index in [2.05, 4.69) is 29.0 Å². The summed E-state index contributed by atoms with van der Waals surface area (Å²) < 4.78 is 0. The van der Waals surface area contributed by atoms with Crippen molar-refractivity contribution >= 4 is 28.1 Å². The fourth-order valence-corrected chi connectivity index (χ4v) is 4.75. The van der Waals surface area contributed by atoms with Gasteiger partial charge in [-0.1, -0.05) is 36.2 Å². The van der Waals surface area contributed by atoms with E-state index in [0.717, 1.165) is 55.6 Å². The zero-order valence-corrected chi connectivity index (χ0v) is 20.0. The van der Waals surface area contributed by atoms with Crippen LogP contribution in [0.15, 0.2) is 17.7 Å². The van der Waals surface area contributed by atoms with E-state index >= 15 is 0 Å². The van der Waals surface area contributed by atoms with Crippen LogP contribution in [0.25, 0.3) is 27.6 Å². The van der Waals surface area contributed by atoms with Crippen LogP contribution in [-0.2, 0) is 13.0 Å². The monoisotopic (exact) mass is 433 g/mol. The van der Waals surface area contributed by atoms with Gasteiger partial charge >= 0.3 is 0 Å². The second-order valence-corrected chi connectivity index (χ2v) is 8.53. The minimum absolute atomic E-state index is 0.134. The molecular weight excluding hydrogens is 406 g/mol. The highest BCUT2D eigenvalue weighted by Gasteiger charge is 2.25. The van der Waals surface area contributed by atoms with E-state index in [4.69, 9.17) is 11.6 Å². The average Bonchev–Trinajstić information content (AvgIpc) is 2.72. The molecule has 0 spiro atoms. The molecule has 0 aliphatic rings. The number of nitrogens with zero attached hydrogens (tertiary/aromatic N) is 3. The van der Waals surface area contributed by atoms with Crippen molar-refractivity contribution in [1.82, 2.24) is 9.97 Å². The van der Waals surface area contributed by atoms with Gasteiger partial charge in [-0.05, 0) is 75.8 Å². The Hall–Kier alpha value is -2.74. The van der Waals surface area contributed by atoms with Gasteiger partial charge in [-0.15, -0.1) is 0 Å². The van der Waals surface area contributed by atoms with Gasteiger partial charge in [-0.3, -0.25) is 0 Å².